The van der Waals surface area contributed by atoms with Crippen LogP contribution in [-0.2, 0) is 20.7 Å². The average Bonchev–Trinajstić information content (AvgIpc) is 3.92. The molecule has 5 aromatic carbocycles. The van der Waals surface area contributed by atoms with Crippen LogP contribution in [-0.4, -0.2) is 136 Å². The number of phenolic OH excluding ortho intramolecular Hbond substituents is 4. The summed E-state index contributed by atoms with van der Waals surface area (Å²) in [6.07, 6.45) is -6.77. The molecule has 3 aliphatic rings. The topological polar surface area (TPSA) is 326 Å². The largest absolute Gasteiger partial charge is 0.508 e. The van der Waals surface area contributed by atoms with Crippen LogP contribution in [0.5, 0.6) is 28.7 Å². The second kappa shape index (κ2) is 20.4. The molecule has 394 valence electrons. The number of fused-ring (bicyclic) bond motifs is 3. The first kappa shape index (κ1) is 52.5. The number of hydrogen-bond acceptors (Lipinski definition) is 18. The van der Waals surface area contributed by atoms with E-state index in [-0.39, 0.29) is 92.3 Å². The maximum atomic E-state index is 14.1. The van der Waals surface area contributed by atoms with Gasteiger partial charge >= 0.3 is 0 Å². The number of methoxy groups -OCH3 is 1. The lowest BCUT2D eigenvalue weighted by Crippen LogP contribution is -2.55. The minimum Gasteiger partial charge on any atom is -0.508 e. The molecule has 21 heteroatoms. The molecule has 1 fully saturated rings. The van der Waals surface area contributed by atoms with Crippen LogP contribution in [0.4, 0.5) is 0 Å². The van der Waals surface area contributed by atoms with E-state index in [1.807, 2.05) is 13.8 Å². The molecule has 0 radical (unpaired) electrons. The van der Waals surface area contributed by atoms with Gasteiger partial charge in [0.15, 0.2) is 29.5 Å². The summed E-state index contributed by atoms with van der Waals surface area (Å²) in [5.74, 6) is -6.45. The van der Waals surface area contributed by atoms with Gasteiger partial charge in [-0.05, 0) is 73.9 Å². The molecule has 6 atom stereocenters. The van der Waals surface area contributed by atoms with Crippen LogP contribution in [0.2, 0.25) is 0 Å². The monoisotopic (exact) mass is 1040 g/mol. The van der Waals surface area contributed by atoms with Gasteiger partial charge in [-0.15, -0.1) is 10.2 Å². The molecule has 1 aliphatic heterocycles. The molecular formula is C55H53N5O16. The number of phenols is 4. The van der Waals surface area contributed by atoms with Gasteiger partial charge in [-0.1, -0.05) is 38.1 Å². The Balaban J connectivity index is 0.936. The van der Waals surface area contributed by atoms with E-state index in [0.717, 1.165) is 0 Å². The first-order valence-electron chi connectivity index (χ1n) is 24.3. The van der Waals surface area contributed by atoms with Crippen LogP contribution in [0.15, 0.2) is 78.9 Å². The molecule has 76 heavy (non-hydrogen) atoms. The number of amides is 2. The molecule has 2 amide bonds. The Hall–Kier alpha value is -8.34. The molecule has 1 saturated heterocycles. The Labute approximate surface area is 433 Å². The highest BCUT2D eigenvalue weighted by molar-refractivity contribution is 6.31. The van der Waals surface area contributed by atoms with E-state index < -0.39 is 113 Å². The fourth-order valence-electron chi connectivity index (χ4n) is 10.1. The normalized spacial score (nSPS) is 20.8. The summed E-state index contributed by atoms with van der Waals surface area (Å²) in [4.78, 5) is 81.8. The van der Waals surface area contributed by atoms with Gasteiger partial charge in [0.2, 0.25) is 11.6 Å². The van der Waals surface area contributed by atoms with Crippen molar-refractivity contribution in [3.05, 3.63) is 140 Å². The highest BCUT2D eigenvalue weighted by Gasteiger charge is 2.50. The molecule has 9 rings (SSSR count). The summed E-state index contributed by atoms with van der Waals surface area (Å²) in [5, 5.41) is 91.6. The molecular weight excluding hydrogens is 987 g/mol. The summed E-state index contributed by atoms with van der Waals surface area (Å²) in [6, 6.07) is 17.9. The molecule has 21 nitrogen and oxygen atoms in total. The Morgan fingerprint density at radius 1 is 0.842 bits per heavy atom. The van der Waals surface area contributed by atoms with Gasteiger partial charge in [0.1, 0.15) is 47.1 Å². The SMILES string of the molecule is CCNC(=O)c1nnc(-c2cc(C(C)C)c(O)cc2O)n1-c1ccc(C(=O)c2ccc(C(=O)NC3CC(O[C@H]4C[C@](O)(C(=O)CO)Cc5c(O)c6c(c(O)c54)C(=O)c4c(OC)cccc4C6=O)OC(C)C3O)cc2)cc1. The van der Waals surface area contributed by atoms with E-state index in [2.05, 4.69) is 20.8 Å². The molecule has 4 unspecified atom stereocenters. The molecule has 6 aromatic rings. The van der Waals surface area contributed by atoms with Crippen molar-refractivity contribution in [1.29, 1.82) is 0 Å². The number of hydrogen-bond donors (Lipinski definition) is 9. The molecule has 2 heterocycles. The van der Waals surface area contributed by atoms with Gasteiger partial charge in [-0.25, -0.2) is 0 Å². The number of aromatic nitrogens is 3. The number of carbonyl (C=O) groups is 6. The predicted octanol–water partition coefficient (Wildman–Crippen LogP) is 4.24. The molecule has 1 aromatic heterocycles. The highest BCUT2D eigenvalue weighted by Crippen LogP contribution is 2.53. The Morgan fingerprint density at radius 3 is 2.14 bits per heavy atom. The number of ether oxygens (including phenoxy) is 3. The quantitative estimate of drug-likeness (QED) is 0.0543. The van der Waals surface area contributed by atoms with Crippen molar-refractivity contribution in [1.82, 2.24) is 25.4 Å². The summed E-state index contributed by atoms with van der Waals surface area (Å²) in [7, 11) is 1.29. The van der Waals surface area contributed by atoms with Crippen LogP contribution in [0, 0.1) is 0 Å². The third-order valence-corrected chi connectivity index (χ3v) is 14.1. The van der Waals surface area contributed by atoms with Crippen LogP contribution >= 0.6 is 0 Å². The van der Waals surface area contributed by atoms with E-state index >= 15 is 0 Å². The fraction of sp³-hybridized carbons (Fsp3) is 0.309. The van der Waals surface area contributed by atoms with E-state index in [4.69, 9.17) is 14.2 Å². The van der Waals surface area contributed by atoms with Gasteiger partial charge in [0.05, 0.1) is 47.6 Å². The molecule has 0 bridgehead atoms. The maximum absolute atomic E-state index is 14.1. The number of aliphatic hydroxyl groups is 3. The first-order valence-corrected chi connectivity index (χ1v) is 24.3. The van der Waals surface area contributed by atoms with E-state index in [0.29, 0.717) is 11.3 Å². The van der Waals surface area contributed by atoms with Gasteiger partial charge in [-0.3, -0.25) is 33.3 Å². The average molecular weight is 1040 g/mol. The third kappa shape index (κ3) is 9.10. The lowest BCUT2D eigenvalue weighted by Gasteiger charge is -2.43. The number of nitrogens with one attached hydrogen (secondary N) is 2. The maximum Gasteiger partial charge on any atom is 0.289 e. The number of carbonyl (C=O) groups excluding carboxylic acids is 6. The molecule has 9 N–H and O–H groups in total. The Kier molecular flexibility index (Phi) is 14.1. The summed E-state index contributed by atoms with van der Waals surface area (Å²) in [6.45, 7) is 6.13. The lowest BCUT2D eigenvalue weighted by atomic mass is 9.72. The number of rotatable bonds is 14. The number of benzene rings is 5. The summed E-state index contributed by atoms with van der Waals surface area (Å²) >= 11 is 0. The van der Waals surface area contributed by atoms with Gasteiger partial charge in [0.25, 0.3) is 11.8 Å². The molecule has 2 aliphatic carbocycles. The van der Waals surface area contributed by atoms with Crippen molar-refractivity contribution in [2.75, 3.05) is 20.3 Å². The molecule has 0 spiro atoms. The summed E-state index contributed by atoms with van der Waals surface area (Å²) < 4.78 is 19.1. The number of aliphatic hydroxyl groups excluding tert-OH is 2. The van der Waals surface area contributed by atoms with Crippen molar-refractivity contribution in [3.8, 4) is 45.8 Å². The minimum absolute atomic E-state index is 0.0312. The zero-order valence-electron chi connectivity index (χ0n) is 41.7. The van der Waals surface area contributed by atoms with Crippen molar-refractivity contribution in [2.24, 2.45) is 0 Å². The van der Waals surface area contributed by atoms with Gasteiger partial charge in [0, 0.05) is 70.9 Å². The van der Waals surface area contributed by atoms with Crippen molar-refractivity contribution >= 4 is 34.9 Å². The second-order valence-corrected chi connectivity index (χ2v) is 19.2. The van der Waals surface area contributed by atoms with Gasteiger partial charge < -0.3 is 60.6 Å². The standard InChI is InChI=1S/C55H53N5O16/c1-6-56-54(72)52-59-58-51(32-18-31(24(2)3)35(62)20-36(32)63)60(52)29-16-14-27(15-17-29)46(66)26-10-12-28(13-11-26)53(71)57-34-19-40(75-25(4)45(34)65)76-38-22-55(73,39(64)23-61)21-33-42(38)50(70)44-43(48(33)68)47(67)30-8-7-9-37(74-5)41(30)49(44)69/h7-18,20,24-25,34,38,40,45,61-63,65,68,70,73H,6,19,21-23H2,1-5H3,(H,56,72)(H,57,71)/t25?,34?,38-,40?,45?,55-/m0/s1. The highest BCUT2D eigenvalue weighted by atomic mass is 16.7. The first-order chi connectivity index (χ1) is 36.2. The van der Waals surface area contributed by atoms with Gasteiger partial charge in [-0.2, -0.15) is 0 Å². The van der Waals surface area contributed by atoms with E-state index in [1.54, 1.807) is 25.1 Å². The van der Waals surface area contributed by atoms with Crippen LogP contribution in [0.25, 0.3) is 17.1 Å². The number of Topliss-reactive ketones (excluding diaryl/α,β-unsaturated/α-hetero) is 1. The Morgan fingerprint density at radius 2 is 1.50 bits per heavy atom. The fourth-order valence-corrected chi connectivity index (χ4v) is 10.1. The zero-order chi connectivity index (χ0) is 54.7. The Bertz CT molecular complexity index is 3370. The van der Waals surface area contributed by atoms with Crippen LogP contribution in [0.1, 0.15) is 138 Å². The van der Waals surface area contributed by atoms with E-state index in [9.17, 15) is 64.5 Å². The number of nitrogens with zero attached hydrogens (tertiary/aromatic N) is 3. The molecule has 0 saturated carbocycles. The smallest absolute Gasteiger partial charge is 0.289 e. The van der Waals surface area contributed by atoms with Crippen molar-refractivity contribution < 1.29 is 78.7 Å². The van der Waals surface area contributed by atoms with Crippen molar-refractivity contribution in [3.63, 3.8) is 0 Å². The second-order valence-electron chi connectivity index (χ2n) is 19.2. The number of aromatic hydroxyl groups is 4. The van der Waals surface area contributed by atoms with Crippen LogP contribution < -0.4 is 15.4 Å². The van der Waals surface area contributed by atoms with E-state index in [1.165, 1.54) is 79.3 Å². The van der Waals surface area contributed by atoms with Crippen molar-refractivity contribution in [2.45, 2.75) is 89.1 Å². The van der Waals surface area contributed by atoms with Crippen LogP contribution in [0.3, 0.4) is 0 Å². The summed E-state index contributed by atoms with van der Waals surface area (Å²) in [5.41, 5.74) is -2.68. The minimum atomic E-state index is -2.41. The number of ketones is 4. The lowest BCUT2D eigenvalue weighted by molar-refractivity contribution is -0.249. The predicted molar refractivity (Wildman–Crippen MR) is 267 cm³/mol. The zero-order valence-corrected chi connectivity index (χ0v) is 41.7. The third-order valence-electron chi connectivity index (χ3n) is 14.1.